The van der Waals surface area contributed by atoms with Gasteiger partial charge in [0.1, 0.15) is 11.6 Å². The normalized spacial score (nSPS) is 16.2. The molecule has 1 fully saturated rings. The average Bonchev–Trinajstić information content (AvgIpc) is 3.31. The molecule has 0 saturated carbocycles. The van der Waals surface area contributed by atoms with Crippen molar-refractivity contribution in [2.75, 3.05) is 26.2 Å². The van der Waals surface area contributed by atoms with E-state index < -0.39 is 0 Å². The van der Waals surface area contributed by atoms with Crippen LogP contribution in [0.5, 0.6) is 0 Å². The van der Waals surface area contributed by atoms with E-state index in [4.69, 9.17) is 11.6 Å². The Bertz CT molecular complexity index is 913. The van der Waals surface area contributed by atoms with E-state index in [0.717, 1.165) is 30.6 Å². The van der Waals surface area contributed by atoms with Gasteiger partial charge in [-0.25, -0.2) is 0 Å². The summed E-state index contributed by atoms with van der Waals surface area (Å²) in [6.45, 7) is 20.4. The summed E-state index contributed by atoms with van der Waals surface area (Å²) in [4.78, 5) is 25.5. The highest BCUT2D eigenvalue weighted by atomic mass is 35.5. The average molecular weight is 547 g/mol. The number of hydrogen-bond donors (Lipinski definition) is 2. The van der Waals surface area contributed by atoms with Crippen LogP contribution < -0.4 is 5.32 Å². The Morgan fingerprint density at radius 3 is 1.82 bits per heavy atom. The zero-order valence-electron chi connectivity index (χ0n) is 25.1. The molecule has 0 amide bonds. The van der Waals surface area contributed by atoms with Gasteiger partial charge in [0.25, 0.3) is 0 Å². The highest BCUT2D eigenvalue weighted by Crippen LogP contribution is 2.23. The van der Waals surface area contributed by atoms with Gasteiger partial charge < -0.3 is 10.4 Å². The molecule has 0 aromatic heterocycles. The molecule has 2 N–H and O–H groups in total. The molecule has 3 unspecified atom stereocenters. The number of β-amino-alcohol motifs (C(OH)–C–C–N with tert-alkyl or cyclic N) is 1. The lowest BCUT2D eigenvalue weighted by Gasteiger charge is -2.22. The molecule has 2 aromatic carbocycles. The molecule has 3 atom stereocenters. The summed E-state index contributed by atoms with van der Waals surface area (Å²) in [5.41, 5.74) is 3.32. The Labute approximate surface area is 237 Å². The molecule has 1 saturated heterocycles. The number of ketones is 2. The van der Waals surface area contributed by atoms with E-state index in [9.17, 15) is 14.7 Å². The molecule has 214 valence electrons. The van der Waals surface area contributed by atoms with Crippen LogP contribution in [0.25, 0.3) is 0 Å². The van der Waals surface area contributed by atoms with Crippen LogP contribution in [0.4, 0.5) is 0 Å². The Hall–Kier alpha value is -2.05. The zero-order chi connectivity index (χ0) is 29.3. The number of carbonyl (C=O) groups is 2. The monoisotopic (exact) mass is 546 g/mol. The molecule has 5 nitrogen and oxygen atoms in total. The third-order valence-corrected chi connectivity index (χ3v) is 6.40. The molecule has 1 aliphatic rings. The number of benzene rings is 2. The number of aryl methyl sites for hydroxylation is 1. The number of halogens is 1. The van der Waals surface area contributed by atoms with Crippen LogP contribution >= 0.6 is 11.6 Å². The first-order chi connectivity index (χ1) is 18.1. The van der Waals surface area contributed by atoms with Gasteiger partial charge in [0, 0.05) is 37.2 Å². The van der Waals surface area contributed by atoms with Crippen LogP contribution in [0.15, 0.2) is 48.5 Å². The molecule has 0 radical (unpaired) electrons. The predicted octanol–water partition coefficient (Wildman–Crippen LogP) is 6.80. The number of hydrogen-bond acceptors (Lipinski definition) is 5. The summed E-state index contributed by atoms with van der Waals surface area (Å²) in [6, 6.07) is 16.0. The van der Waals surface area contributed by atoms with Crippen molar-refractivity contribution in [3.63, 3.8) is 0 Å². The van der Waals surface area contributed by atoms with E-state index in [1.807, 2.05) is 64.1 Å². The number of nitrogens with zero attached hydrogens (tertiary/aromatic N) is 1. The van der Waals surface area contributed by atoms with E-state index in [0.29, 0.717) is 24.2 Å². The molecule has 2 aromatic rings. The van der Waals surface area contributed by atoms with E-state index in [-0.39, 0.29) is 29.5 Å². The van der Waals surface area contributed by atoms with Crippen LogP contribution in [-0.2, 0) is 9.59 Å². The number of aliphatic hydroxyl groups is 1. The van der Waals surface area contributed by atoms with E-state index >= 15 is 0 Å². The first-order valence-electron chi connectivity index (χ1n) is 14.0. The molecule has 0 spiro atoms. The van der Waals surface area contributed by atoms with Crippen molar-refractivity contribution in [1.82, 2.24) is 10.2 Å². The van der Waals surface area contributed by atoms with Gasteiger partial charge in [0.05, 0.1) is 17.9 Å². The maximum absolute atomic E-state index is 11.8. The van der Waals surface area contributed by atoms with E-state index in [1.165, 1.54) is 5.56 Å². The lowest BCUT2D eigenvalue weighted by Crippen LogP contribution is -2.30. The Morgan fingerprint density at radius 2 is 1.39 bits per heavy atom. The van der Waals surface area contributed by atoms with Crippen LogP contribution in [0.3, 0.4) is 0 Å². The number of carbonyl (C=O) groups excluding carboxylic acids is 2. The van der Waals surface area contributed by atoms with Gasteiger partial charge >= 0.3 is 0 Å². The molecule has 1 aliphatic heterocycles. The zero-order valence-corrected chi connectivity index (χ0v) is 25.8. The topological polar surface area (TPSA) is 69.6 Å². The number of likely N-dealkylation sites (tertiary alicyclic amines) is 1. The molecular weight excluding hydrogens is 496 g/mol. The van der Waals surface area contributed by atoms with Gasteiger partial charge in [-0.3, -0.25) is 14.5 Å². The quantitative estimate of drug-likeness (QED) is 0.362. The predicted molar refractivity (Wildman–Crippen MR) is 162 cm³/mol. The Kier molecular flexibility index (Phi) is 18.9. The summed E-state index contributed by atoms with van der Waals surface area (Å²) < 4.78 is 0. The van der Waals surface area contributed by atoms with Crippen molar-refractivity contribution in [1.29, 1.82) is 0 Å². The smallest absolute Gasteiger partial charge is 0.138 e. The van der Waals surface area contributed by atoms with Gasteiger partial charge in [-0.1, -0.05) is 95.1 Å². The summed E-state index contributed by atoms with van der Waals surface area (Å²) >= 11 is 5.86. The number of rotatable bonds is 9. The van der Waals surface area contributed by atoms with Crippen molar-refractivity contribution in [2.24, 2.45) is 0 Å². The molecular formula is C32H51ClN2O3. The van der Waals surface area contributed by atoms with Crippen LogP contribution in [-0.4, -0.2) is 59.9 Å². The van der Waals surface area contributed by atoms with Crippen molar-refractivity contribution < 1.29 is 14.7 Å². The Balaban J connectivity index is 0.000000641. The minimum atomic E-state index is -0.247. The van der Waals surface area contributed by atoms with Gasteiger partial charge in [0.2, 0.25) is 0 Å². The minimum absolute atomic E-state index is 0.0250. The van der Waals surface area contributed by atoms with Gasteiger partial charge in [-0.15, -0.1) is 0 Å². The van der Waals surface area contributed by atoms with Crippen molar-refractivity contribution in [2.45, 2.75) is 92.7 Å². The summed E-state index contributed by atoms with van der Waals surface area (Å²) in [5.74, 6) is 0.214. The SMILES string of the molecule is CC.CC.CC(=O)C(CN1CCC(O)C1)c1ccc(Cl)cc1.CC(=O)C(CNC(C)C)c1ccc(C)cc1. The van der Waals surface area contributed by atoms with Gasteiger partial charge in [-0.05, 0) is 50.5 Å². The summed E-state index contributed by atoms with van der Waals surface area (Å²) in [6.07, 6.45) is 0.549. The maximum Gasteiger partial charge on any atom is 0.138 e. The molecule has 0 aliphatic carbocycles. The fourth-order valence-corrected chi connectivity index (χ4v) is 4.17. The fourth-order valence-electron chi connectivity index (χ4n) is 4.05. The standard InChI is InChI=1S/C14H18ClNO2.C14H21NO.2C2H6/c1-10(17)14(9-16-7-6-13(18)8-16)11-2-4-12(15)5-3-11;1-10(2)15-9-14(12(4)16)13-7-5-11(3)6-8-13;2*1-2/h2-5,13-14,18H,6-9H2,1H3;5-8,10,14-15H,9H2,1-4H3;2*1-2H3. The van der Waals surface area contributed by atoms with E-state index in [2.05, 4.69) is 43.1 Å². The van der Waals surface area contributed by atoms with E-state index in [1.54, 1.807) is 13.8 Å². The largest absolute Gasteiger partial charge is 0.392 e. The number of aliphatic hydroxyl groups excluding tert-OH is 1. The minimum Gasteiger partial charge on any atom is -0.392 e. The lowest BCUT2D eigenvalue weighted by atomic mass is 9.94. The van der Waals surface area contributed by atoms with Gasteiger partial charge in [0.15, 0.2) is 0 Å². The number of nitrogens with one attached hydrogen (secondary N) is 1. The van der Waals surface area contributed by atoms with Crippen molar-refractivity contribution in [3.05, 3.63) is 70.2 Å². The molecule has 6 heteroatoms. The lowest BCUT2D eigenvalue weighted by molar-refractivity contribution is -0.119. The summed E-state index contributed by atoms with van der Waals surface area (Å²) in [7, 11) is 0. The third kappa shape index (κ3) is 13.7. The molecule has 0 bridgehead atoms. The maximum atomic E-state index is 11.8. The Morgan fingerprint density at radius 1 is 0.921 bits per heavy atom. The first-order valence-corrected chi connectivity index (χ1v) is 14.4. The third-order valence-electron chi connectivity index (χ3n) is 6.15. The highest BCUT2D eigenvalue weighted by molar-refractivity contribution is 6.30. The molecule has 38 heavy (non-hydrogen) atoms. The second-order valence-corrected chi connectivity index (χ2v) is 9.99. The highest BCUT2D eigenvalue weighted by Gasteiger charge is 2.26. The number of Topliss-reactive ketones (excluding diaryl/α,β-unsaturated/α-hetero) is 2. The first kappa shape index (κ1) is 35.9. The van der Waals surface area contributed by atoms with Crippen LogP contribution in [0.2, 0.25) is 5.02 Å². The van der Waals surface area contributed by atoms with Crippen LogP contribution in [0.1, 0.15) is 90.3 Å². The molecule has 3 rings (SSSR count). The summed E-state index contributed by atoms with van der Waals surface area (Å²) in [5, 5.41) is 13.5. The second-order valence-electron chi connectivity index (χ2n) is 9.55. The molecule has 1 heterocycles. The van der Waals surface area contributed by atoms with Crippen molar-refractivity contribution in [3.8, 4) is 0 Å². The fraction of sp³-hybridized carbons (Fsp3) is 0.562. The van der Waals surface area contributed by atoms with Crippen LogP contribution in [0, 0.1) is 6.92 Å². The van der Waals surface area contributed by atoms with Crippen molar-refractivity contribution >= 4 is 23.2 Å². The second kappa shape index (κ2) is 19.9. The van der Waals surface area contributed by atoms with Gasteiger partial charge in [-0.2, -0.15) is 0 Å².